The number of benzene rings is 2. The number of hydrazone groups is 1. The summed E-state index contributed by atoms with van der Waals surface area (Å²) in [6.07, 6.45) is 3.07. The Morgan fingerprint density at radius 1 is 1.26 bits per heavy atom. The average molecular weight is 382 g/mol. The van der Waals surface area contributed by atoms with E-state index in [-0.39, 0.29) is 11.3 Å². The summed E-state index contributed by atoms with van der Waals surface area (Å²) in [6.45, 7) is 0.513. The molecule has 0 atom stereocenters. The second kappa shape index (κ2) is 6.89. The molecule has 7 heteroatoms. The third-order valence-corrected chi connectivity index (χ3v) is 4.86. The Kier molecular flexibility index (Phi) is 4.41. The molecule has 136 valence electrons. The fourth-order valence-electron chi connectivity index (χ4n) is 3.43. The number of aromatic hydroxyl groups is 1. The van der Waals surface area contributed by atoms with Crippen LogP contribution in [0, 0.1) is 0 Å². The number of carbonyl (C=O) groups excluding carboxylic acids is 1. The molecule has 0 bridgehead atoms. The van der Waals surface area contributed by atoms with Crippen molar-refractivity contribution in [3.63, 3.8) is 0 Å². The lowest BCUT2D eigenvalue weighted by Gasteiger charge is -2.21. The van der Waals surface area contributed by atoms with E-state index in [1.165, 1.54) is 6.21 Å². The van der Waals surface area contributed by atoms with Crippen LogP contribution in [0.5, 0.6) is 5.75 Å². The summed E-state index contributed by atoms with van der Waals surface area (Å²) in [5, 5.41) is 15.5. The molecule has 3 aromatic rings. The molecule has 6 nitrogen and oxygen atoms in total. The van der Waals surface area contributed by atoms with Gasteiger partial charge in [0.25, 0.3) is 11.5 Å². The van der Waals surface area contributed by atoms with Crippen LogP contribution in [0.25, 0.3) is 10.9 Å². The number of carbonyl (C=O) groups is 1. The van der Waals surface area contributed by atoms with Crippen LogP contribution in [0.4, 0.5) is 0 Å². The molecule has 0 aliphatic carbocycles. The van der Waals surface area contributed by atoms with Crippen molar-refractivity contribution < 1.29 is 9.90 Å². The second-order valence-corrected chi connectivity index (χ2v) is 6.79. The lowest BCUT2D eigenvalue weighted by molar-refractivity contribution is 0.0950. The van der Waals surface area contributed by atoms with Gasteiger partial charge in [0.15, 0.2) is 0 Å². The van der Waals surface area contributed by atoms with Gasteiger partial charge in [0, 0.05) is 17.0 Å². The molecule has 1 aliphatic heterocycles. The Morgan fingerprint density at radius 3 is 2.89 bits per heavy atom. The molecule has 0 fully saturated rings. The number of para-hydroxylation sites is 1. The first-order chi connectivity index (χ1) is 13.1. The quantitative estimate of drug-likeness (QED) is 0.540. The van der Waals surface area contributed by atoms with Crippen molar-refractivity contribution in [3.8, 4) is 5.75 Å². The Labute approximate surface area is 159 Å². The molecule has 2 aromatic carbocycles. The first kappa shape index (κ1) is 17.3. The van der Waals surface area contributed by atoms with Crippen LogP contribution in [-0.2, 0) is 13.0 Å². The lowest BCUT2D eigenvalue weighted by Crippen LogP contribution is -2.33. The van der Waals surface area contributed by atoms with Gasteiger partial charge in [0.05, 0.1) is 11.7 Å². The SMILES string of the molecule is O=C(NN=Cc1cccc(Cl)c1)c1c(O)c2cccc3c2n(c1=O)CCC3. The van der Waals surface area contributed by atoms with Gasteiger partial charge in [-0.1, -0.05) is 35.9 Å². The van der Waals surface area contributed by atoms with Crippen molar-refractivity contribution >= 4 is 34.6 Å². The smallest absolute Gasteiger partial charge is 0.280 e. The van der Waals surface area contributed by atoms with E-state index in [1.807, 2.05) is 12.1 Å². The minimum atomic E-state index is -0.752. The van der Waals surface area contributed by atoms with Gasteiger partial charge >= 0.3 is 0 Å². The molecular formula is C20H16ClN3O3. The number of rotatable bonds is 3. The van der Waals surface area contributed by atoms with Crippen LogP contribution in [-0.4, -0.2) is 21.8 Å². The zero-order chi connectivity index (χ0) is 19.0. The molecule has 1 aromatic heterocycles. The normalized spacial score (nSPS) is 13.2. The van der Waals surface area contributed by atoms with Crippen LogP contribution in [0.15, 0.2) is 52.4 Å². The maximum absolute atomic E-state index is 12.8. The molecular weight excluding hydrogens is 366 g/mol. The molecule has 0 spiro atoms. The minimum absolute atomic E-state index is 0.301. The lowest BCUT2D eigenvalue weighted by atomic mass is 9.99. The summed E-state index contributed by atoms with van der Waals surface area (Å²) in [5.74, 6) is -1.07. The van der Waals surface area contributed by atoms with E-state index < -0.39 is 11.5 Å². The minimum Gasteiger partial charge on any atom is -0.506 e. The highest BCUT2D eigenvalue weighted by molar-refractivity contribution is 6.30. The maximum Gasteiger partial charge on any atom is 0.280 e. The summed E-state index contributed by atoms with van der Waals surface area (Å²) in [4.78, 5) is 25.3. The van der Waals surface area contributed by atoms with Gasteiger partial charge in [0.2, 0.25) is 0 Å². The first-order valence-electron chi connectivity index (χ1n) is 8.52. The monoisotopic (exact) mass is 381 g/mol. The first-order valence-corrected chi connectivity index (χ1v) is 8.90. The Balaban J connectivity index is 1.71. The third-order valence-electron chi connectivity index (χ3n) is 4.62. The number of hydrogen-bond acceptors (Lipinski definition) is 4. The van der Waals surface area contributed by atoms with E-state index in [0.717, 1.165) is 18.4 Å². The average Bonchev–Trinajstić information content (AvgIpc) is 2.66. The van der Waals surface area contributed by atoms with Crippen molar-refractivity contribution in [1.29, 1.82) is 0 Å². The highest BCUT2D eigenvalue weighted by Gasteiger charge is 2.24. The molecule has 2 N–H and O–H groups in total. The van der Waals surface area contributed by atoms with E-state index in [4.69, 9.17) is 11.6 Å². The standard InChI is InChI=1S/C20H16ClN3O3/c21-14-7-1-4-12(10-14)11-22-23-19(26)16-18(25)15-8-2-5-13-6-3-9-24(17(13)15)20(16)27/h1-2,4-5,7-8,10-11,25H,3,6,9H2,(H,23,26). The number of pyridine rings is 1. The van der Waals surface area contributed by atoms with E-state index in [2.05, 4.69) is 10.5 Å². The van der Waals surface area contributed by atoms with E-state index in [0.29, 0.717) is 28.0 Å². The van der Waals surface area contributed by atoms with Gasteiger partial charge < -0.3 is 9.67 Å². The highest BCUT2D eigenvalue weighted by atomic mass is 35.5. The fraction of sp³-hybridized carbons (Fsp3) is 0.150. The summed E-state index contributed by atoms with van der Waals surface area (Å²) in [5.41, 5.74) is 3.89. The largest absolute Gasteiger partial charge is 0.506 e. The molecule has 27 heavy (non-hydrogen) atoms. The van der Waals surface area contributed by atoms with Gasteiger partial charge in [-0.15, -0.1) is 0 Å². The molecule has 1 amide bonds. The Morgan fingerprint density at radius 2 is 2.07 bits per heavy atom. The maximum atomic E-state index is 12.8. The van der Waals surface area contributed by atoms with Crippen LogP contribution in [0.2, 0.25) is 5.02 Å². The van der Waals surface area contributed by atoms with Crippen molar-refractivity contribution in [2.45, 2.75) is 19.4 Å². The van der Waals surface area contributed by atoms with Crippen molar-refractivity contribution in [2.75, 3.05) is 0 Å². The van der Waals surface area contributed by atoms with Gasteiger partial charge in [0.1, 0.15) is 11.3 Å². The number of aromatic nitrogens is 1. The Hall–Kier alpha value is -3.12. The predicted octanol–water partition coefficient (Wildman–Crippen LogP) is 3.07. The molecule has 0 radical (unpaired) electrons. The van der Waals surface area contributed by atoms with Gasteiger partial charge in [-0.05, 0) is 42.2 Å². The van der Waals surface area contributed by atoms with Gasteiger partial charge in [-0.25, -0.2) is 5.43 Å². The van der Waals surface area contributed by atoms with Crippen LogP contribution in [0.3, 0.4) is 0 Å². The third kappa shape index (κ3) is 3.08. The van der Waals surface area contributed by atoms with Crippen molar-refractivity contribution in [2.24, 2.45) is 5.10 Å². The van der Waals surface area contributed by atoms with Crippen LogP contribution >= 0.6 is 11.6 Å². The predicted molar refractivity (Wildman–Crippen MR) is 105 cm³/mol. The molecule has 1 aliphatic rings. The van der Waals surface area contributed by atoms with E-state index in [9.17, 15) is 14.7 Å². The summed E-state index contributed by atoms with van der Waals surface area (Å²) in [7, 11) is 0. The highest BCUT2D eigenvalue weighted by Crippen LogP contribution is 2.31. The number of halogens is 1. The van der Waals surface area contributed by atoms with Crippen LogP contribution < -0.4 is 11.0 Å². The number of nitrogens with zero attached hydrogens (tertiary/aromatic N) is 2. The van der Waals surface area contributed by atoms with Gasteiger partial charge in [-0.2, -0.15) is 5.10 Å². The summed E-state index contributed by atoms with van der Waals surface area (Å²) in [6, 6.07) is 12.4. The van der Waals surface area contributed by atoms with Crippen molar-refractivity contribution in [1.82, 2.24) is 9.99 Å². The molecule has 0 saturated carbocycles. The van der Waals surface area contributed by atoms with Crippen molar-refractivity contribution in [3.05, 3.63) is 74.5 Å². The summed E-state index contributed by atoms with van der Waals surface area (Å²) < 4.78 is 1.56. The van der Waals surface area contributed by atoms with E-state index in [1.54, 1.807) is 34.9 Å². The number of hydrogen-bond donors (Lipinski definition) is 2. The Bertz CT molecular complexity index is 1150. The number of nitrogens with one attached hydrogen (secondary N) is 1. The topological polar surface area (TPSA) is 83.7 Å². The van der Waals surface area contributed by atoms with Gasteiger partial charge in [-0.3, -0.25) is 9.59 Å². The number of aryl methyl sites for hydroxylation is 2. The zero-order valence-corrected chi connectivity index (χ0v) is 15.0. The van der Waals surface area contributed by atoms with Crippen LogP contribution in [0.1, 0.15) is 27.9 Å². The number of amides is 1. The molecule has 4 rings (SSSR count). The van der Waals surface area contributed by atoms with E-state index >= 15 is 0 Å². The molecule has 0 saturated heterocycles. The summed E-state index contributed by atoms with van der Waals surface area (Å²) >= 11 is 5.90. The fourth-order valence-corrected chi connectivity index (χ4v) is 3.63. The zero-order valence-electron chi connectivity index (χ0n) is 14.3. The molecule has 2 heterocycles. The molecule has 0 unspecified atom stereocenters. The second-order valence-electron chi connectivity index (χ2n) is 6.35.